The number of hydrogen-bond acceptors (Lipinski definition) is 4. The van der Waals surface area contributed by atoms with Gasteiger partial charge in [0.15, 0.2) is 0 Å². The van der Waals surface area contributed by atoms with Gasteiger partial charge in [-0.2, -0.15) is 0 Å². The van der Waals surface area contributed by atoms with Crippen LogP contribution in [0.15, 0.2) is 5.38 Å². The first kappa shape index (κ1) is 12.6. The zero-order chi connectivity index (χ0) is 12.5. The monoisotopic (exact) mass is 253 g/mol. The zero-order valence-electron chi connectivity index (χ0n) is 10.7. The molecule has 0 unspecified atom stereocenters. The second-order valence-electron chi connectivity index (χ2n) is 5.01. The van der Waals surface area contributed by atoms with Crippen molar-refractivity contribution in [1.29, 1.82) is 0 Å². The van der Waals surface area contributed by atoms with Crippen LogP contribution in [0.25, 0.3) is 0 Å². The van der Waals surface area contributed by atoms with E-state index in [4.69, 9.17) is 4.74 Å². The highest BCUT2D eigenvalue weighted by atomic mass is 32.1. The molecule has 1 fully saturated rings. The largest absolute Gasteiger partial charge is 0.468 e. The van der Waals surface area contributed by atoms with E-state index in [2.05, 4.69) is 18.8 Å². The minimum Gasteiger partial charge on any atom is -0.468 e. The molecule has 4 heteroatoms. The standard InChI is InChI=1S/C13H19NO2S/c1-9(2)11-14-10(8-17-11)13(12(15)16-3)6-4-5-7-13/h8-9H,4-7H2,1-3H3. The maximum atomic E-state index is 12.1. The lowest BCUT2D eigenvalue weighted by Crippen LogP contribution is -2.34. The van der Waals surface area contributed by atoms with Crippen molar-refractivity contribution in [2.45, 2.75) is 50.9 Å². The van der Waals surface area contributed by atoms with Crippen LogP contribution in [0, 0.1) is 0 Å². The summed E-state index contributed by atoms with van der Waals surface area (Å²) < 4.78 is 4.99. The van der Waals surface area contributed by atoms with Crippen molar-refractivity contribution in [3.63, 3.8) is 0 Å². The summed E-state index contributed by atoms with van der Waals surface area (Å²) in [6.07, 6.45) is 3.93. The predicted molar refractivity (Wildman–Crippen MR) is 68.4 cm³/mol. The Morgan fingerprint density at radius 1 is 1.47 bits per heavy atom. The summed E-state index contributed by atoms with van der Waals surface area (Å²) in [5, 5.41) is 3.15. The number of esters is 1. The molecule has 0 aromatic carbocycles. The first-order valence-corrected chi connectivity index (χ1v) is 7.02. The normalized spacial score (nSPS) is 18.6. The molecule has 17 heavy (non-hydrogen) atoms. The minimum atomic E-state index is -0.460. The average Bonchev–Trinajstić information content (AvgIpc) is 2.96. The van der Waals surface area contributed by atoms with Crippen molar-refractivity contribution in [2.75, 3.05) is 7.11 Å². The Hall–Kier alpha value is -0.900. The number of ether oxygens (including phenoxy) is 1. The number of carbonyl (C=O) groups is 1. The van der Waals surface area contributed by atoms with E-state index < -0.39 is 5.41 Å². The number of aromatic nitrogens is 1. The average molecular weight is 253 g/mol. The van der Waals surface area contributed by atoms with E-state index in [1.54, 1.807) is 11.3 Å². The number of nitrogens with zero attached hydrogens (tertiary/aromatic N) is 1. The van der Waals surface area contributed by atoms with Gasteiger partial charge in [0, 0.05) is 11.3 Å². The van der Waals surface area contributed by atoms with Crippen LogP contribution < -0.4 is 0 Å². The maximum absolute atomic E-state index is 12.1. The molecule has 0 saturated heterocycles. The van der Waals surface area contributed by atoms with Crippen LogP contribution in [0.4, 0.5) is 0 Å². The van der Waals surface area contributed by atoms with Crippen LogP contribution in [0.3, 0.4) is 0 Å². The quantitative estimate of drug-likeness (QED) is 0.776. The Bertz CT molecular complexity index is 405. The smallest absolute Gasteiger partial charge is 0.317 e. The van der Waals surface area contributed by atoms with Gasteiger partial charge in [-0.3, -0.25) is 4.79 Å². The van der Waals surface area contributed by atoms with Gasteiger partial charge in [-0.1, -0.05) is 26.7 Å². The van der Waals surface area contributed by atoms with E-state index in [9.17, 15) is 4.79 Å². The van der Waals surface area contributed by atoms with Crippen LogP contribution in [-0.2, 0) is 14.9 Å². The Kier molecular flexibility index (Phi) is 3.52. The summed E-state index contributed by atoms with van der Waals surface area (Å²) >= 11 is 1.65. The van der Waals surface area contributed by atoms with Gasteiger partial charge in [0.05, 0.1) is 17.8 Å². The molecular weight excluding hydrogens is 234 g/mol. The van der Waals surface area contributed by atoms with E-state index in [1.807, 2.05) is 5.38 Å². The third-order valence-electron chi connectivity index (χ3n) is 3.54. The molecule has 0 bridgehead atoms. The molecule has 2 rings (SSSR count). The molecule has 0 atom stereocenters. The van der Waals surface area contributed by atoms with Gasteiger partial charge in [-0.25, -0.2) is 4.98 Å². The first-order chi connectivity index (χ1) is 8.10. The fraction of sp³-hybridized carbons (Fsp3) is 0.692. The highest BCUT2D eigenvalue weighted by Gasteiger charge is 2.45. The van der Waals surface area contributed by atoms with Crippen molar-refractivity contribution in [2.24, 2.45) is 0 Å². The van der Waals surface area contributed by atoms with Crippen LogP contribution >= 0.6 is 11.3 Å². The molecule has 1 aliphatic rings. The second-order valence-corrected chi connectivity index (χ2v) is 5.90. The number of hydrogen-bond donors (Lipinski definition) is 0. The topological polar surface area (TPSA) is 39.2 Å². The summed E-state index contributed by atoms with van der Waals surface area (Å²) in [5.41, 5.74) is 0.467. The maximum Gasteiger partial charge on any atom is 0.317 e. The summed E-state index contributed by atoms with van der Waals surface area (Å²) in [6, 6.07) is 0. The third-order valence-corrected chi connectivity index (χ3v) is 4.68. The molecule has 1 aliphatic carbocycles. The van der Waals surface area contributed by atoms with Gasteiger partial charge in [0.1, 0.15) is 5.41 Å². The fourth-order valence-electron chi connectivity index (χ4n) is 2.51. The molecule has 1 aromatic heterocycles. The molecule has 0 N–H and O–H groups in total. The lowest BCUT2D eigenvalue weighted by atomic mass is 9.83. The van der Waals surface area contributed by atoms with Crippen molar-refractivity contribution >= 4 is 17.3 Å². The number of rotatable bonds is 3. The molecular formula is C13H19NO2S. The summed E-state index contributed by atoms with van der Waals surface area (Å²) in [4.78, 5) is 16.7. The fourth-order valence-corrected chi connectivity index (χ4v) is 3.45. The molecule has 94 valence electrons. The van der Waals surface area contributed by atoms with E-state index >= 15 is 0 Å². The third kappa shape index (κ3) is 2.10. The van der Waals surface area contributed by atoms with Crippen LogP contribution in [0.2, 0.25) is 0 Å². The van der Waals surface area contributed by atoms with Crippen molar-refractivity contribution in [3.8, 4) is 0 Å². The van der Waals surface area contributed by atoms with Crippen molar-refractivity contribution in [1.82, 2.24) is 4.98 Å². The Labute approximate surface area is 106 Å². The number of methoxy groups -OCH3 is 1. The van der Waals surface area contributed by atoms with E-state index in [1.165, 1.54) is 7.11 Å². The first-order valence-electron chi connectivity index (χ1n) is 6.14. The molecule has 1 aromatic rings. The lowest BCUT2D eigenvalue weighted by molar-refractivity contribution is -0.147. The second kappa shape index (κ2) is 4.77. The molecule has 1 heterocycles. The summed E-state index contributed by atoms with van der Waals surface area (Å²) in [6.45, 7) is 4.25. The molecule has 1 saturated carbocycles. The van der Waals surface area contributed by atoms with Gasteiger partial charge in [-0.05, 0) is 12.8 Å². The molecule has 0 aliphatic heterocycles. The van der Waals surface area contributed by atoms with Crippen LogP contribution in [0.1, 0.15) is 56.2 Å². The van der Waals surface area contributed by atoms with E-state index in [-0.39, 0.29) is 5.97 Å². The summed E-state index contributed by atoms with van der Waals surface area (Å²) in [7, 11) is 1.47. The predicted octanol–water partition coefficient (Wildman–Crippen LogP) is 3.25. The Morgan fingerprint density at radius 3 is 2.59 bits per heavy atom. The zero-order valence-corrected chi connectivity index (χ0v) is 11.5. The van der Waals surface area contributed by atoms with E-state index in [0.717, 1.165) is 36.4 Å². The lowest BCUT2D eigenvalue weighted by Gasteiger charge is -2.23. The number of thiazole rings is 1. The Morgan fingerprint density at radius 2 is 2.12 bits per heavy atom. The van der Waals surface area contributed by atoms with Crippen LogP contribution in [0.5, 0.6) is 0 Å². The molecule has 0 amide bonds. The molecule has 0 radical (unpaired) electrons. The van der Waals surface area contributed by atoms with Crippen LogP contribution in [-0.4, -0.2) is 18.1 Å². The minimum absolute atomic E-state index is 0.115. The molecule has 3 nitrogen and oxygen atoms in total. The van der Waals surface area contributed by atoms with Gasteiger partial charge >= 0.3 is 5.97 Å². The van der Waals surface area contributed by atoms with E-state index in [0.29, 0.717) is 5.92 Å². The highest BCUT2D eigenvalue weighted by Crippen LogP contribution is 2.42. The van der Waals surface area contributed by atoms with Crippen molar-refractivity contribution in [3.05, 3.63) is 16.1 Å². The van der Waals surface area contributed by atoms with Gasteiger partial charge in [0.2, 0.25) is 0 Å². The van der Waals surface area contributed by atoms with Gasteiger partial charge in [-0.15, -0.1) is 11.3 Å². The summed E-state index contributed by atoms with van der Waals surface area (Å²) in [5.74, 6) is 0.306. The number of carbonyl (C=O) groups excluding carboxylic acids is 1. The highest BCUT2D eigenvalue weighted by molar-refractivity contribution is 7.09. The SMILES string of the molecule is COC(=O)C1(c2csc(C(C)C)n2)CCCC1. The van der Waals surface area contributed by atoms with Gasteiger partial charge in [0.25, 0.3) is 0 Å². The van der Waals surface area contributed by atoms with Gasteiger partial charge < -0.3 is 4.74 Å². The Balaban J connectivity index is 2.35. The molecule has 0 spiro atoms. The van der Waals surface area contributed by atoms with Crippen molar-refractivity contribution < 1.29 is 9.53 Å².